The first-order chi connectivity index (χ1) is 13.0. The van der Waals surface area contributed by atoms with Crippen LogP contribution in [0, 0.1) is 5.92 Å². The average Bonchev–Trinajstić information content (AvgIpc) is 2.92. The van der Waals surface area contributed by atoms with Gasteiger partial charge in [0.05, 0.1) is 6.54 Å². The number of Topliss-reactive ketones (excluding diaryl/α,β-unsaturated/α-hetero) is 1. The van der Waals surface area contributed by atoms with Gasteiger partial charge in [0.2, 0.25) is 0 Å². The van der Waals surface area contributed by atoms with Gasteiger partial charge in [-0.15, -0.1) is 0 Å². The summed E-state index contributed by atoms with van der Waals surface area (Å²) in [6, 6.07) is 4.45. The molecule has 0 unspecified atom stereocenters. The van der Waals surface area contributed by atoms with Crippen molar-refractivity contribution in [2.24, 2.45) is 5.92 Å². The molecule has 7 heteroatoms. The minimum Gasteiger partial charge on any atom is -0.486 e. The molecule has 1 saturated carbocycles. The number of nitrogens with zero attached hydrogens (tertiary/aromatic N) is 1. The number of imide groups is 1. The van der Waals surface area contributed by atoms with Crippen LogP contribution in [0.4, 0.5) is 4.79 Å². The predicted molar refractivity (Wildman–Crippen MR) is 97.0 cm³/mol. The van der Waals surface area contributed by atoms with Gasteiger partial charge >= 0.3 is 6.03 Å². The zero-order chi connectivity index (χ0) is 19.0. The van der Waals surface area contributed by atoms with E-state index in [1.165, 1.54) is 0 Å². The van der Waals surface area contributed by atoms with Crippen LogP contribution in [0.5, 0.6) is 11.5 Å². The zero-order valence-electron chi connectivity index (χ0n) is 15.5. The van der Waals surface area contributed by atoms with Gasteiger partial charge in [-0.05, 0) is 49.8 Å². The normalized spacial score (nSPS) is 27.0. The molecule has 0 bridgehead atoms. The lowest BCUT2D eigenvalue weighted by molar-refractivity contribution is -0.132. The largest absolute Gasteiger partial charge is 0.486 e. The van der Waals surface area contributed by atoms with Gasteiger partial charge in [0.1, 0.15) is 18.8 Å². The fourth-order valence-electron chi connectivity index (χ4n) is 4.19. The second-order valence-electron chi connectivity index (χ2n) is 7.54. The van der Waals surface area contributed by atoms with Crippen molar-refractivity contribution in [1.82, 2.24) is 10.2 Å². The van der Waals surface area contributed by atoms with Crippen molar-refractivity contribution in [3.8, 4) is 11.5 Å². The summed E-state index contributed by atoms with van der Waals surface area (Å²) in [5, 5.41) is 2.86. The van der Waals surface area contributed by atoms with Crippen LogP contribution in [0.3, 0.4) is 0 Å². The maximum Gasteiger partial charge on any atom is 0.325 e. The first-order valence-corrected chi connectivity index (χ1v) is 9.59. The van der Waals surface area contributed by atoms with E-state index in [0.29, 0.717) is 49.0 Å². The van der Waals surface area contributed by atoms with Crippen LogP contribution in [-0.2, 0) is 4.79 Å². The van der Waals surface area contributed by atoms with Crippen molar-refractivity contribution in [3.05, 3.63) is 23.8 Å². The topological polar surface area (TPSA) is 84.9 Å². The van der Waals surface area contributed by atoms with E-state index < -0.39 is 11.6 Å². The van der Waals surface area contributed by atoms with Gasteiger partial charge in [-0.1, -0.05) is 13.3 Å². The number of hydrogen-bond acceptors (Lipinski definition) is 5. The lowest BCUT2D eigenvalue weighted by Crippen LogP contribution is -2.49. The number of carbonyl (C=O) groups is 3. The van der Waals surface area contributed by atoms with Gasteiger partial charge < -0.3 is 14.8 Å². The van der Waals surface area contributed by atoms with Crippen LogP contribution in [0.25, 0.3) is 0 Å². The van der Waals surface area contributed by atoms with Gasteiger partial charge in [-0.2, -0.15) is 0 Å². The standard InChI is InChI=1S/C20H24N2O5/c1-2-13-5-7-20(8-6-13)18(24)22(19(25)21-20)12-15(23)14-3-4-16-17(11-14)27-10-9-26-16/h3-4,11,13H,2,5-10,12H2,1H3,(H,21,25). The molecule has 2 heterocycles. The molecule has 7 nitrogen and oxygen atoms in total. The highest BCUT2D eigenvalue weighted by molar-refractivity contribution is 6.11. The SMILES string of the molecule is CCC1CCC2(CC1)NC(=O)N(CC(=O)c1ccc3c(c1)OCCO3)C2=O. The Balaban J connectivity index is 1.47. The molecular weight excluding hydrogens is 348 g/mol. The number of hydrogen-bond donors (Lipinski definition) is 1. The Labute approximate surface area is 158 Å². The number of urea groups is 1. The van der Waals surface area contributed by atoms with Gasteiger partial charge in [-0.25, -0.2) is 4.79 Å². The maximum absolute atomic E-state index is 12.9. The number of benzene rings is 1. The van der Waals surface area contributed by atoms with Crippen LogP contribution in [0.1, 0.15) is 49.4 Å². The summed E-state index contributed by atoms with van der Waals surface area (Å²) in [6.45, 7) is 2.79. The summed E-state index contributed by atoms with van der Waals surface area (Å²) in [5.41, 5.74) is -0.425. The minimum atomic E-state index is -0.824. The maximum atomic E-state index is 12.9. The molecule has 144 valence electrons. The van der Waals surface area contributed by atoms with Gasteiger partial charge in [0.25, 0.3) is 5.91 Å². The van der Waals surface area contributed by atoms with E-state index >= 15 is 0 Å². The third-order valence-corrected chi connectivity index (χ3v) is 5.95. The number of ketones is 1. The number of carbonyl (C=O) groups excluding carboxylic acids is 3. The van der Waals surface area contributed by atoms with Crippen LogP contribution in [0.2, 0.25) is 0 Å². The Hall–Kier alpha value is -2.57. The van der Waals surface area contributed by atoms with E-state index in [2.05, 4.69) is 12.2 Å². The first-order valence-electron chi connectivity index (χ1n) is 9.59. The summed E-state index contributed by atoms with van der Waals surface area (Å²) >= 11 is 0. The Morgan fingerprint density at radius 3 is 2.59 bits per heavy atom. The summed E-state index contributed by atoms with van der Waals surface area (Å²) < 4.78 is 11.0. The number of nitrogens with one attached hydrogen (secondary N) is 1. The summed E-state index contributed by atoms with van der Waals surface area (Å²) in [6.07, 6.45) is 4.22. The highest BCUT2D eigenvalue weighted by atomic mass is 16.6. The van der Waals surface area contributed by atoms with Crippen molar-refractivity contribution >= 4 is 17.7 Å². The number of rotatable bonds is 4. The molecule has 4 rings (SSSR count). The molecule has 1 aromatic carbocycles. The number of ether oxygens (including phenoxy) is 2. The van der Waals surface area contributed by atoms with Crippen molar-refractivity contribution in [3.63, 3.8) is 0 Å². The molecule has 0 aromatic heterocycles. The molecule has 1 aliphatic carbocycles. The van der Waals surface area contributed by atoms with Gasteiger partial charge in [0, 0.05) is 5.56 Å². The van der Waals surface area contributed by atoms with Crippen molar-refractivity contribution in [2.45, 2.75) is 44.6 Å². The molecule has 2 aliphatic heterocycles. The number of fused-ring (bicyclic) bond motifs is 1. The summed E-state index contributed by atoms with van der Waals surface area (Å²) in [5.74, 6) is 1.15. The monoisotopic (exact) mass is 372 g/mol. The predicted octanol–water partition coefficient (Wildman–Crippen LogP) is 2.53. The van der Waals surface area contributed by atoms with E-state index in [1.54, 1.807) is 18.2 Å². The molecule has 1 spiro atoms. The molecule has 0 atom stereocenters. The third kappa shape index (κ3) is 3.15. The van der Waals surface area contributed by atoms with E-state index in [0.717, 1.165) is 24.2 Å². The van der Waals surface area contributed by atoms with Crippen LogP contribution < -0.4 is 14.8 Å². The molecule has 1 saturated heterocycles. The quantitative estimate of drug-likeness (QED) is 0.648. The second kappa shape index (κ2) is 6.87. The Bertz CT molecular complexity index is 783. The Morgan fingerprint density at radius 2 is 1.89 bits per heavy atom. The Kier molecular flexibility index (Phi) is 4.53. The average molecular weight is 372 g/mol. The molecule has 27 heavy (non-hydrogen) atoms. The van der Waals surface area contributed by atoms with Gasteiger partial charge in [0.15, 0.2) is 17.3 Å². The highest BCUT2D eigenvalue weighted by Crippen LogP contribution is 2.38. The zero-order valence-corrected chi connectivity index (χ0v) is 15.5. The lowest BCUT2D eigenvalue weighted by Gasteiger charge is -2.34. The van der Waals surface area contributed by atoms with E-state index in [-0.39, 0.29) is 18.2 Å². The smallest absolute Gasteiger partial charge is 0.325 e. The summed E-state index contributed by atoms with van der Waals surface area (Å²) in [7, 11) is 0. The minimum absolute atomic E-state index is 0.261. The summed E-state index contributed by atoms with van der Waals surface area (Å²) in [4.78, 5) is 39.1. The van der Waals surface area contributed by atoms with Crippen LogP contribution >= 0.6 is 0 Å². The first kappa shape index (κ1) is 17.8. The van der Waals surface area contributed by atoms with E-state index in [1.807, 2.05) is 0 Å². The molecule has 1 N–H and O–H groups in total. The molecule has 2 fully saturated rings. The fraction of sp³-hybridized carbons (Fsp3) is 0.550. The highest BCUT2D eigenvalue weighted by Gasteiger charge is 2.52. The molecular formula is C20H24N2O5. The van der Waals surface area contributed by atoms with E-state index in [9.17, 15) is 14.4 Å². The molecule has 3 amide bonds. The van der Waals surface area contributed by atoms with Crippen LogP contribution in [-0.4, -0.2) is 47.9 Å². The fourth-order valence-corrected chi connectivity index (χ4v) is 4.19. The van der Waals surface area contributed by atoms with Crippen LogP contribution in [0.15, 0.2) is 18.2 Å². The van der Waals surface area contributed by atoms with Gasteiger partial charge in [-0.3, -0.25) is 14.5 Å². The van der Waals surface area contributed by atoms with Crippen molar-refractivity contribution < 1.29 is 23.9 Å². The van der Waals surface area contributed by atoms with E-state index in [4.69, 9.17) is 9.47 Å². The molecule has 0 radical (unpaired) electrons. The third-order valence-electron chi connectivity index (χ3n) is 5.95. The Morgan fingerprint density at radius 1 is 1.19 bits per heavy atom. The van der Waals surface area contributed by atoms with Crippen molar-refractivity contribution in [2.75, 3.05) is 19.8 Å². The molecule has 3 aliphatic rings. The van der Waals surface area contributed by atoms with Crippen molar-refractivity contribution in [1.29, 1.82) is 0 Å². The molecule has 1 aromatic rings. The second-order valence-corrected chi connectivity index (χ2v) is 7.54. The lowest BCUT2D eigenvalue weighted by atomic mass is 9.75. The number of amides is 3.